The molecule has 1 aromatic rings. The van der Waals surface area contributed by atoms with Gasteiger partial charge >= 0.3 is 5.97 Å². The highest BCUT2D eigenvalue weighted by Gasteiger charge is 2.12. The number of anilines is 1. The van der Waals surface area contributed by atoms with Gasteiger partial charge in [-0.25, -0.2) is 4.79 Å². The fourth-order valence-electron chi connectivity index (χ4n) is 1.22. The standard InChI is InChI=1S/C11H11NO5/c1-6(13)4-10(15)12-7-2-3-9(14)8(5-7)11(16)17/h2-3,5,14H,4H2,1H3,(H,12,15)(H,16,17). The van der Waals surface area contributed by atoms with Crippen molar-refractivity contribution in [3.05, 3.63) is 23.8 Å². The molecule has 0 saturated carbocycles. The highest BCUT2D eigenvalue weighted by Crippen LogP contribution is 2.21. The van der Waals surface area contributed by atoms with E-state index in [1.165, 1.54) is 13.0 Å². The Hall–Kier alpha value is -2.37. The van der Waals surface area contributed by atoms with Crippen molar-refractivity contribution in [2.75, 3.05) is 5.32 Å². The summed E-state index contributed by atoms with van der Waals surface area (Å²) in [5.41, 5.74) is -0.0999. The second kappa shape index (κ2) is 5.11. The molecule has 0 aliphatic carbocycles. The molecule has 0 atom stereocenters. The number of aromatic hydroxyl groups is 1. The smallest absolute Gasteiger partial charge is 0.339 e. The van der Waals surface area contributed by atoms with E-state index in [2.05, 4.69) is 5.32 Å². The molecule has 0 spiro atoms. The number of Topliss-reactive ketones (excluding diaryl/α,β-unsaturated/α-hetero) is 1. The number of carbonyl (C=O) groups excluding carboxylic acids is 2. The fraction of sp³-hybridized carbons (Fsp3) is 0.182. The van der Waals surface area contributed by atoms with Crippen LogP contribution in [-0.4, -0.2) is 27.9 Å². The number of aromatic carboxylic acids is 1. The molecule has 90 valence electrons. The number of phenols is 1. The number of carboxylic acids is 1. The van der Waals surface area contributed by atoms with Gasteiger partial charge in [-0.1, -0.05) is 0 Å². The summed E-state index contributed by atoms with van der Waals surface area (Å²) >= 11 is 0. The molecule has 0 fully saturated rings. The second-order valence-electron chi connectivity index (χ2n) is 3.46. The van der Waals surface area contributed by atoms with Gasteiger partial charge in [0.05, 0.1) is 6.42 Å². The Labute approximate surface area is 96.9 Å². The van der Waals surface area contributed by atoms with Gasteiger partial charge in [0.25, 0.3) is 0 Å². The summed E-state index contributed by atoms with van der Waals surface area (Å²) in [5.74, 6) is -2.51. The molecule has 0 heterocycles. The zero-order chi connectivity index (χ0) is 13.0. The minimum Gasteiger partial charge on any atom is -0.507 e. The number of nitrogens with one attached hydrogen (secondary N) is 1. The van der Waals surface area contributed by atoms with Crippen molar-refractivity contribution in [3.63, 3.8) is 0 Å². The van der Waals surface area contributed by atoms with Crippen molar-refractivity contribution in [1.29, 1.82) is 0 Å². The number of ketones is 1. The van der Waals surface area contributed by atoms with Crippen molar-refractivity contribution in [3.8, 4) is 5.75 Å². The predicted octanol–water partition coefficient (Wildman–Crippen LogP) is 1.01. The Kier molecular flexibility index (Phi) is 3.82. The van der Waals surface area contributed by atoms with Crippen LogP contribution in [0.1, 0.15) is 23.7 Å². The molecular weight excluding hydrogens is 226 g/mol. The SMILES string of the molecule is CC(=O)CC(=O)Nc1ccc(O)c(C(=O)O)c1. The van der Waals surface area contributed by atoms with Crippen molar-refractivity contribution < 1.29 is 24.6 Å². The number of rotatable bonds is 4. The second-order valence-corrected chi connectivity index (χ2v) is 3.46. The molecule has 17 heavy (non-hydrogen) atoms. The summed E-state index contributed by atoms with van der Waals surface area (Å²) in [4.78, 5) is 32.6. The number of hydrogen-bond donors (Lipinski definition) is 3. The maximum absolute atomic E-state index is 11.2. The summed E-state index contributed by atoms with van der Waals surface area (Å²) in [7, 11) is 0. The van der Waals surface area contributed by atoms with Crippen LogP contribution in [0.5, 0.6) is 5.75 Å². The molecule has 6 heteroatoms. The number of hydrogen-bond acceptors (Lipinski definition) is 4. The highest BCUT2D eigenvalue weighted by molar-refractivity contribution is 6.04. The molecule has 0 aromatic heterocycles. The topological polar surface area (TPSA) is 104 Å². The van der Waals surface area contributed by atoms with Crippen molar-refractivity contribution in [1.82, 2.24) is 0 Å². The van der Waals surface area contributed by atoms with Crippen LogP contribution < -0.4 is 5.32 Å². The van der Waals surface area contributed by atoms with Gasteiger partial charge in [-0.15, -0.1) is 0 Å². The Morgan fingerprint density at radius 1 is 1.29 bits per heavy atom. The molecule has 3 N–H and O–H groups in total. The molecule has 0 radical (unpaired) electrons. The third-order valence-corrected chi connectivity index (χ3v) is 1.92. The first-order chi connectivity index (χ1) is 7.90. The lowest BCUT2D eigenvalue weighted by atomic mass is 10.1. The highest BCUT2D eigenvalue weighted by atomic mass is 16.4. The third-order valence-electron chi connectivity index (χ3n) is 1.92. The normalized spacial score (nSPS) is 9.71. The summed E-state index contributed by atoms with van der Waals surface area (Å²) in [6, 6.07) is 3.63. The molecule has 0 saturated heterocycles. The van der Waals surface area contributed by atoms with Crippen LogP contribution in [0.15, 0.2) is 18.2 Å². The first-order valence-electron chi connectivity index (χ1n) is 4.75. The lowest BCUT2D eigenvalue weighted by molar-refractivity contribution is -0.124. The van der Waals surface area contributed by atoms with E-state index in [-0.39, 0.29) is 29.2 Å². The van der Waals surface area contributed by atoms with Gasteiger partial charge in [0.2, 0.25) is 5.91 Å². The molecule has 0 bridgehead atoms. The van der Waals surface area contributed by atoms with E-state index < -0.39 is 11.9 Å². The molecule has 0 aliphatic rings. The zero-order valence-electron chi connectivity index (χ0n) is 9.06. The van der Waals surface area contributed by atoms with Gasteiger partial charge in [0.1, 0.15) is 17.1 Å². The van der Waals surface area contributed by atoms with Crippen molar-refractivity contribution in [2.45, 2.75) is 13.3 Å². The van der Waals surface area contributed by atoms with E-state index in [1.54, 1.807) is 0 Å². The first kappa shape index (κ1) is 12.7. The average Bonchev–Trinajstić information content (AvgIpc) is 2.19. The van der Waals surface area contributed by atoms with E-state index in [9.17, 15) is 19.5 Å². The number of carbonyl (C=O) groups is 3. The van der Waals surface area contributed by atoms with Crippen LogP contribution in [0.25, 0.3) is 0 Å². The molecule has 1 amide bonds. The predicted molar refractivity (Wildman–Crippen MR) is 59.0 cm³/mol. The van der Waals surface area contributed by atoms with Gasteiger partial charge in [-0.2, -0.15) is 0 Å². The molecular formula is C11H11NO5. The van der Waals surface area contributed by atoms with Crippen LogP contribution in [0.4, 0.5) is 5.69 Å². The molecule has 0 unspecified atom stereocenters. The van der Waals surface area contributed by atoms with Crippen LogP contribution in [-0.2, 0) is 9.59 Å². The van der Waals surface area contributed by atoms with Crippen molar-refractivity contribution in [2.24, 2.45) is 0 Å². The van der Waals surface area contributed by atoms with Gasteiger partial charge < -0.3 is 15.5 Å². The van der Waals surface area contributed by atoms with Crippen LogP contribution in [0.3, 0.4) is 0 Å². The molecule has 1 aromatic carbocycles. The lowest BCUT2D eigenvalue weighted by Crippen LogP contribution is -2.15. The summed E-state index contributed by atoms with van der Waals surface area (Å²) in [6.07, 6.45) is -0.275. The number of carboxylic acid groups (broad SMARTS) is 1. The Bertz CT molecular complexity index is 481. The first-order valence-corrected chi connectivity index (χ1v) is 4.75. The Morgan fingerprint density at radius 3 is 2.47 bits per heavy atom. The minimum absolute atomic E-state index is 0.214. The van der Waals surface area contributed by atoms with Crippen LogP contribution in [0, 0.1) is 0 Å². The Balaban J connectivity index is 2.86. The molecule has 0 aliphatic heterocycles. The fourth-order valence-corrected chi connectivity index (χ4v) is 1.22. The lowest BCUT2D eigenvalue weighted by Gasteiger charge is -2.06. The maximum Gasteiger partial charge on any atom is 0.339 e. The monoisotopic (exact) mass is 237 g/mol. The minimum atomic E-state index is -1.30. The maximum atomic E-state index is 11.2. The van der Waals surface area contributed by atoms with Gasteiger partial charge in [0, 0.05) is 5.69 Å². The van der Waals surface area contributed by atoms with Crippen LogP contribution >= 0.6 is 0 Å². The molecule has 1 rings (SSSR count). The van der Waals surface area contributed by atoms with Crippen LogP contribution in [0.2, 0.25) is 0 Å². The van der Waals surface area contributed by atoms with Crippen molar-refractivity contribution >= 4 is 23.3 Å². The molecule has 6 nitrogen and oxygen atoms in total. The van der Waals surface area contributed by atoms with E-state index in [0.29, 0.717) is 0 Å². The third kappa shape index (κ3) is 3.60. The van der Waals surface area contributed by atoms with E-state index >= 15 is 0 Å². The van der Waals surface area contributed by atoms with Gasteiger partial charge in [-0.05, 0) is 25.1 Å². The number of amides is 1. The summed E-state index contributed by atoms with van der Waals surface area (Å²) in [6.45, 7) is 1.28. The largest absolute Gasteiger partial charge is 0.507 e. The van der Waals surface area contributed by atoms with E-state index in [1.807, 2.05) is 0 Å². The summed E-state index contributed by atoms with van der Waals surface area (Å²) < 4.78 is 0. The van der Waals surface area contributed by atoms with E-state index in [0.717, 1.165) is 12.1 Å². The van der Waals surface area contributed by atoms with E-state index in [4.69, 9.17) is 5.11 Å². The summed E-state index contributed by atoms with van der Waals surface area (Å²) in [5, 5.41) is 20.3. The zero-order valence-corrected chi connectivity index (χ0v) is 9.06. The number of benzene rings is 1. The Morgan fingerprint density at radius 2 is 1.94 bits per heavy atom. The van der Waals surface area contributed by atoms with Gasteiger partial charge in [-0.3, -0.25) is 9.59 Å². The quantitative estimate of drug-likeness (QED) is 0.535. The van der Waals surface area contributed by atoms with Gasteiger partial charge in [0.15, 0.2) is 0 Å². The average molecular weight is 237 g/mol.